The third-order valence-electron chi connectivity index (χ3n) is 6.81. The molecule has 1 aliphatic carbocycles. The van der Waals surface area contributed by atoms with Crippen molar-refractivity contribution in [3.8, 4) is 0 Å². The number of nitrogens with one attached hydrogen (secondary N) is 1. The number of carbonyl (C=O) groups is 1. The Bertz CT molecular complexity index is 659. The molecule has 2 fully saturated rings. The van der Waals surface area contributed by atoms with Gasteiger partial charge in [-0.15, -0.1) is 24.8 Å². The number of halogens is 2. The summed E-state index contributed by atoms with van der Waals surface area (Å²) in [6.45, 7) is 10.9. The first kappa shape index (κ1) is 26.2. The van der Waals surface area contributed by atoms with Crippen LogP contribution in [-0.2, 0) is 16.1 Å². The van der Waals surface area contributed by atoms with Crippen molar-refractivity contribution in [2.75, 3.05) is 13.2 Å². The van der Waals surface area contributed by atoms with Gasteiger partial charge in [0, 0.05) is 43.6 Å². The minimum Gasteiger partial charge on any atom is -0.378 e. The van der Waals surface area contributed by atoms with Crippen LogP contribution in [0.1, 0.15) is 52.5 Å². The summed E-state index contributed by atoms with van der Waals surface area (Å²) in [4.78, 5) is 15.4. The fourth-order valence-corrected chi connectivity index (χ4v) is 4.54. The molecule has 1 saturated carbocycles. The maximum atomic E-state index is 13.0. The van der Waals surface area contributed by atoms with Crippen LogP contribution in [-0.4, -0.2) is 47.7 Å². The van der Waals surface area contributed by atoms with E-state index in [0.29, 0.717) is 19.1 Å². The van der Waals surface area contributed by atoms with E-state index in [0.717, 1.165) is 25.9 Å². The minimum absolute atomic E-state index is 0. The molecule has 166 valence electrons. The highest BCUT2D eigenvalue weighted by molar-refractivity contribution is 5.89. The lowest BCUT2D eigenvalue weighted by molar-refractivity contribution is -0.171. The summed E-state index contributed by atoms with van der Waals surface area (Å²) in [6, 6.07) is 11.2. The number of benzene rings is 1. The number of hydrogen-bond acceptors (Lipinski definition) is 4. The van der Waals surface area contributed by atoms with E-state index in [-0.39, 0.29) is 48.3 Å². The van der Waals surface area contributed by atoms with E-state index in [9.17, 15) is 4.79 Å². The van der Waals surface area contributed by atoms with Crippen molar-refractivity contribution in [3.63, 3.8) is 0 Å². The lowest BCUT2D eigenvalue weighted by atomic mass is 9.54. The predicted molar refractivity (Wildman–Crippen MR) is 123 cm³/mol. The molecule has 2 aliphatic rings. The summed E-state index contributed by atoms with van der Waals surface area (Å²) in [6.07, 6.45) is 2.59. The maximum Gasteiger partial charge on any atom is 0.241 e. The molecule has 0 bridgehead atoms. The lowest BCUT2D eigenvalue weighted by Crippen LogP contribution is -2.76. The van der Waals surface area contributed by atoms with Crippen molar-refractivity contribution in [3.05, 3.63) is 35.9 Å². The van der Waals surface area contributed by atoms with Crippen LogP contribution in [0.5, 0.6) is 0 Å². The average Bonchev–Trinajstić information content (AvgIpc) is 2.64. The molecule has 1 heterocycles. The zero-order chi connectivity index (χ0) is 19.7. The zero-order valence-corrected chi connectivity index (χ0v) is 19.7. The van der Waals surface area contributed by atoms with Gasteiger partial charge in [-0.3, -0.25) is 9.69 Å². The largest absolute Gasteiger partial charge is 0.378 e. The van der Waals surface area contributed by atoms with E-state index >= 15 is 0 Å². The van der Waals surface area contributed by atoms with Crippen LogP contribution >= 0.6 is 24.8 Å². The van der Waals surface area contributed by atoms with Crippen LogP contribution in [0.15, 0.2) is 30.3 Å². The van der Waals surface area contributed by atoms with Gasteiger partial charge in [-0.1, -0.05) is 44.2 Å². The Balaban J connectivity index is 0.00000210. The molecule has 4 atom stereocenters. The normalized spacial score (nSPS) is 31.0. The standard InChI is InChI=1S/C22H35N3O2.2ClH/c1-5-27-19-14-22(23,21(19,3)4)20(26)24-18-11-12-25(16(2)13-18)15-17-9-7-6-8-10-17;;/h6-10,16,18-19H,5,11-15,23H2,1-4H3,(H,24,26);2*1H. The van der Waals surface area contributed by atoms with Crippen LogP contribution in [0, 0.1) is 5.41 Å². The van der Waals surface area contributed by atoms with Crippen LogP contribution in [0.25, 0.3) is 0 Å². The van der Waals surface area contributed by atoms with E-state index in [4.69, 9.17) is 10.5 Å². The van der Waals surface area contributed by atoms with Gasteiger partial charge in [0.05, 0.1) is 6.10 Å². The quantitative estimate of drug-likeness (QED) is 0.702. The summed E-state index contributed by atoms with van der Waals surface area (Å²) < 4.78 is 5.75. The van der Waals surface area contributed by atoms with E-state index in [1.165, 1.54) is 5.56 Å². The molecule has 5 nitrogen and oxygen atoms in total. The number of rotatable bonds is 6. The summed E-state index contributed by atoms with van der Waals surface area (Å²) in [5, 5.41) is 3.25. The number of nitrogens with zero attached hydrogens (tertiary/aromatic N) is 1. The lowest BCUT2D eigenvalue weighted by Gasteiger charge is -2.58. The van der Waals surface area contributed by atoms with Gasteiger partial charge in [-0.25, -0.2) is 0 Å². The molecule has 4 unspecified atom stereocenters. The van der Waals surface area contributed by atoms with E-state index in [1.54, 1.807) is 0 Å². The molecule has 1 aromatic rings. The summed E-state index contributed by atoms with van der Waals surface area (Å²) in [5.74, 6) is -0.0165. The van der Waals surface area contributed by atoms with E-state index in [2.05, 4.69) is 47.5 Å². The third-order valence-corrected chi connectivity index (χ3v) is 6.81. The minimum atomic E-state index is -0.836. The summed E-state index contributed by atoms with van der Waals surface area (Å²) in [5.41, 5.74) is 6.69. The molecule has 29 heavy (non-hydrogen) atoms. The van der Waals surface area contributed by atoms with Crippen LogP contribution in [0.3, 0.4) is 0 Å². The Hall–Kier alpha value is -0.850. The molecule has 3 rings (SSSR count). The Labute approximate surface area is 187 Å². The first-order valence-electron chi connectivity index (χ1n) is 10.3. The topological polar surface area (TPSA) is 67.6 Å². The van der Waals surface area contributed by atoms with Crippen molar-refractivity contribution < 1.29 is 9.53 Å². The van der Waals surface area contributed by atoms with Crippen molar-refractivity contribution in [1.82, 2.24) is 10.2 Å². The SMILES string of the molecule is CCOC1CC(N)(C(=O)NC2CCN(Cc3ccccc3)C(C)C2)C1(C)C.Cl.Cl. The van der Waals surface area contributed by atoms with Crippen molar-refractivity contribution >= 4 is 30.7 Å². The molecular formula is C22H37Cl2N3O2. The molecule has 7 heteroatoms. The van der Waals surface area contributed by atoms with Gasteiger partial charge in [0.15, 0.2) is 0 Å². The number of likely N-dealkylation sites (tertiary alicyclic amines) is 1. The number of amides is 1. The highest BCUT2D eigenvalue weighted by Crippen LogP contribution is 2.50. The van der Waals surface area contributed by atoms with Crippen molar-refractivity contribution in [2.45, 2.75) is 77.2 Å². The highest BCUT2D eigenvalue weighted by Gasteiger charge is 2.63. The number of carbonyl (C=O) groups excluding carboxylic acids is 1. The van der Waals surface area contributed by atoms with Crippen molar-refractivity contribution in [2.24, 2.45) is 11.1 Å². The van der Waals surface area contributed by atoms with Crippen LogP contribution < -0.4 is 11.1 Å². The van der Waals surface area contributed by atoms with Crippen LogP contribution in [0.4, 0.5) is 0 Å². The van der Waals surface area contributed by atoms with Gasteiger partial charge in [-0.05, 0) is 32.3 Å². The number of ether oxygens (including phenoxy) is 1. The Morgan fingerprint density at radius 1 is 1.28 bits per heavy atom. The van der Waals surface area contributed by atoms with Crippen LogP contribution in [0.2, 0.25) is 0 Å². The molecule has 1 aliphatic heterocycles. The Morgan fingerprint density at radius 2 is 1.93 bits per heavy atom. The Morgan fingerprint density at radius 3 is 2.48 bits per heavy atom. The zero-order valence-electron chi connectivity index (χ0n) is 18.0. The fourth-order valence-electron chi connectivity index (χ4n) is 4.54. The molecule has 0 radical (unpaired) electrons. The number of nitrogens with two attached hydrogens (primary N) is 1. The van der Waals surface area contributed by atoms with Gasteiger partial charge in [0.1, 0.15) is 5.54 Å². The molecule has 0 aromatic heterocycles. The molecular weight excluding hydrogens is 409 g/mol. The monoisotopic (exact) mass is 445 g/mol. The van der Waals surface area contributed by atoms with Gasteiger partial charge >= 0.3 is 0 Å². The van der Waals surface area contributed by atoms with Gasteiger partial charge in [0.25, 0.3) is 0 Å². The second kappa shape index (κ2) is 10.5. The number of piperidine rings is 1. The molecule has 1 aromatic carbocycles. The van der Waals surface area contributed by atoms with Gasteiger partial charge in [0.2, 0.25) is 5.91 Å². The first-order chi connectivity index (χ1) is 12.8. The average molecular weight is 446 g/mol. The van der Waals surface area contributed by atoms with Gasteiger partial charge in [-0.2, -0.15) is 0 Å². The second-order valence-electron chi connectivity index (χ2n) is 8.84. The predicted octanol–water partition coefficient (Wildman–Crippen LogP) is 3.53. The third kappa shape index (κ3) is 5.26. The van der Waals surface area contributed by atoms with Gasteiger partial charge < -0.3 is 15.8 Å². The second-order valence-corrected chi connectivity index (χ2v) is 8.84. The maximum absolute atomic E-state index is 13.0. The molecule has 3 N–H and O–H groups in total. The van der Waals surface area contributed by atoms with Crippen molar-refractivity contribution in [1.29, 1.82) is 0 Å². The fraction of sp³-hybridized carbons (Fsp3) is 0.682. The van der Waals surface area contributed by atoms with E-state index in [1.807, 2.05) is 20.8 Å². The molecule has 1 amide bonds. The summed E-state index contributed by atoms with van der Waals surface area (Å²) >= 11 is 0. The van der Waals surface area contributed by atoms with E-state index < -0.39 is 5.54 Å². The smallest absolute Gasteiger partial charge is 0.241 e. The summed E-state index contributed by atoms with van der Waals surface area (Å²) in [7, 11) is 0. The first-order valence-corrected chi connectivity index (χ1v) is 10.3. The molecule has 0 spiro atoms. The highest BCUT2D eigenvalue weighted by atomic mass is 35.5. The Kier molecular flexibility index (Phi) is 9.44. The number of hydrogen-bond donors (Lipinski definition) is 2. The molecule has 1 saturated heterocycles.